The average molecular weight is 235 g/mol. The fraction of sp³-hybridized carbons (Fsp3) is 0.571. The summed E-state index contributed by atoms with van der Waals surface area (Å²) in [6.45, 7) is 0. The van der Waals surface area contributed by atoms with E-state index in [0.717, 1.165) is 12.0 Å². The highest BCUT2D eigenvalue weighted by Crippen LogP contribution is 2.36. The molecule has 0 saturated heterocycles. The molecular formula is C14H21NO2. The maximum Gasteiger partial charge on any atom is 0.142 e. The zero-order valence-corrected chi connectivity index (χ0v) is 10.4. The molecule has 1 fully saturated rings. The van der Waals surface area contributed by atoms with Crippen molar-refractivity contribution in [2.45, 2.75) is 38.2 Å². The van der Waals surface area contributed by atoms with E-state index >= 15 is 0 Å². The summed E-state index contributed by atoms with van der Waals surface area (Å²) in [5.74, 6) is 1.29. The number of hydrogen-bond acceptors (Lipinski definition) is 3. The third-order valence-corrected chi connectivity index (χ3v) is 3.71. The first-order valence-corrected chi connectivity index (χ1v) is 6.32. The van der Waals surface area contributed by atoms with Crippen LogP contribution < -0.4 is 10.5 Å². The molecule has 0 heterocycles. The normalized spacial score (nSPS) is 18.2. The number of hydrogen-bond donors (Lipinski definition) is 2. The van der Waals surface area contributed by atoms with Gasteiger partial charge in [0.1, 0.15) is 5.75 Å². The van der Waals surface area contributed by atoms with Gasteiger partial charge >= 0.3 is 0 Å². The molecule has 0 bridgehead atoms. The lowest BCUT2D eigenvalue weighted by atomic mass is 9.94. The Hall–Kier alpha value is -1.22. The molecule has 1 unspecified atom stereocenters. The predicted molar refractivity (Wildman–Crippen MR) is 68.9 cm³/mol. The van der Waals surface area contributed by atoms with Gasteiger partial charge < -0.3 is 15.6 Å². The predicted octanol–water partition coefficient (Wildman–Crippen LogP) is 2.89. The van der Waals surface area contributed by atoms with E-state index in [1.165, 1.54) is 25.7 Å². The molecule has 94 valence electrons. The minimum Gasteiger partial charge on any atom is -0.495 e. The molecule has 1 aromatic carbocycles. The van der Waals surface area contributed by atoms with Crippen molar-refractivity contribution >= 4 is 5.69 Å². The maximum absolute atomic E-state index is 10.2. The number of aliphatic hydroxyl groups is 1. The Balaban J connectivity index is 2.09. The van der Waals surface area contributed by atoms with E-state index < -0.39 is 6.10 Å². The summed E-state index contributed by atoms with van der Waals surface area (Å²) in [5.41, 5.74) is 7.36. The van der Waals surface area contributed by atoms with Gasteiger partial charge in [-0.2, -0.15) is 0 Å². The van der Waals surface area contributed by atoms with Gasteiger partial charge in [-0.05, 0) is 18.4 Å². The molecule has 1 aliphatic carbocycles. The number of anilines is 1. The summed E-state index contributed by atoms with van der Waals surface area (Å²) >= 11 is 0. The zero-order chi connectivity index (χ0) is 12.3. The Morgan fingerprint density at radius 3 is 2.76 bits per heavy atom. The van der Waals surface area contributed by atoms with E-state index in [1.54, 1.807) is 7.11 Å². The van der Waals surface area contributed by atoms with Gasteiger partial charge in [-0.1, -0.05) is 37.8 Å². The number of methoxy groups -OCH3 is 1. The van der Waals surface area contributed by atoms with Crippen LogP contribution >= 0.6 is 0 Å². The number of nitrogens with two attached hydrogens (primary N) is 1. The van der Waals surface area contributed by atoms with E-state index in [2.05, 4.69) is 0 Å². The van der Waals surface area contributed by atoms with Gasteiger partial charge in [0, 0.05) is 5.56 Å². The van der Waals surface area contributed by atoms with Crippen molar-refractivity contribution in [2.24, 2.45) is 5.92 Å². The topological polar surface area (TPSA) is 55.5 Å². The van der Waals surface area contributed by atoms with E-state index in [-0.39, 0.29) is 0 Å². The van der Waals surface area contributed by atoms with Gasteiger partial charge in [-0.15, -0.1) is 0 Å². The monoisotopic (exact) mass is 235 g/mol. The van der Waals surface area contributed by atoms with Crippen LogP contribution in [0.2, 0.25) is 0 Å². The van der Waals surface area contributed by atoms with Gasteiger partial charge in [0.15, 0.2) is 0 Å². The number of benzene rings is 1. The lowest BCUT2D eigenvalue weighted by Gasteiger charge is -2.18. The van der Waals surface area contributed by atoms with Crippen molar-refractivity contribution in [2.75, 3.05) is 12.8 Å². The lowest BCUT2D eigenvalue weighted by molar-refractivity contribution is 0.145. The van der Waals surface area contributed by atoms with Gasteiger partial charge in [0.05, 0.1) is 18.9 Å². The summed E-state index contributed by atoms with van der Waals surface area (Å²) in [6, 6.07) is 5.58. The molecule has 0 amide bonds. The van der Waals surface area contributed by atoms with Crippen LogP contribution in [-0.2, 0) is 0 Å². The molecule has 1 saturated carbocycles. The van der Waals surface area contributed by atoms with Gasteiger partial charge in [0.25, 0.3) is 0 Å². The molecule has 2 rings (SSSR count). The maximum atomic E-state index is 10.2. The first kappa shape index (κ1) is 12.2. The number of para-hydroxylation sites is 1. The molecule has 3 heteroatoms. The second-order valence-corrected chi connectivity index (χ2v) is 4.87. The van der Waals surface area contributed by atoms with Crippen LogP contribution in [0, 0.1) is 5.92 Å². The highest BCUT2D eigenvalue weighted by atomic mass is 16.5. The SMILES string of the molecule is COc1cccc(C(O)CC2CCCC2)c1N. The molecule has 0 spiro atoms. The summed E-state index contributed by atoms with van der Waals surface area (Å²) in [6.07, 6.45) is 5.42. The summed E-state index contributed by atoms with van der Waals surface area (Å²) in [7, 11) is 1.60. The van der Waals surface area contributed by atoms with Gasteiger partial charge in [-0.3, -0.25) is 0 Å². The molecule has 1 aliphatic rings. The van der Waals surface area contributed by atoms with Crippen LogP contribution in [0.25, 0.3) is 0 Å². The Labute approximate surface area is 103 Å². The smallest absolute Gasteiger partial charge is 0.142 e. The molecule has 3 N–H and O–H groups in total. The second kappa shape index (κ2) is 5.41. The molecule has 1 atom stereocenters. The molecule has 0 aromatic heterocycles. The Bertz CT molecular complexity index is 372. The minimum atomic E-state index is -0.465. The van der Waals surface area contributed by atoms with Crippen LogP contribution in [0.5, 0.6) is 5.75 Å². The van der Waals surface area contributed by atoms with Crippen molar-refractivity contribution in [3.8, 4) is 5.75 Å². The minimum absolute atomic E-state index is 0.465. The van der Waals surface area contributed by atoms with Gasteiger partial charge in [-0.25, -0.2) is 0 Å². The van der Waals surface area contributed by atoms with Crippen molar-refractivity contribution < 1.29 is 9.84 Å². The van der Waals surface area contributed by atoms with E-state index in [0.29, 0.717) is 17.4 Å². The standard InChI is InChI=1S/C14H21NO2/c1-17-13-8-4-7-11(14(13)15)12(16)9-10-5-2-3-6-10/h4,7-8,10,12,16H,2-3,5-6,9,15H2,1H3. The lowest BCUT2D eigenvalue weighted by Crippen LogP contribution is -2.07. The fourth-order valence-electron chi connectivity index (χ4n) is 2.72. The van der Waals surface area contributed by atoms with Crippen LogP contribution in [-0.4, -0.2) is 12.2 Å². The highest BCUT2D eigenvalue weighted by Gasteiger charge is 2.21. The molecule has 3 nitrogen and oxygen atoms in total. The van der Waals surface area contributed by atoms with Crippen molar-refractivity contribution in [3.05, 3.63) is 23.8 Å². The highest BCUT2D eigenvalue weighted by molar-refractivity contribution is 5.59. The van der Waals surface area contributed by atoms with E-state index in [4.69, 9.17) is 10.5 Å². The van der Waals surface area contributed by atoms with Crippen LogP contribution in [0.1, 0.15) is 43.8 Å². The first-order valence-electron chi connectivity index (χ1n) is 6.32. The average Bonchev–Trinajstić information content (AvgIpc) is 2.82. The molecule has 0 aliphatic heterocycles. The Morgan fingerprint density at radius 2 is 2.12 bits per heavy atom. The van der Waals surface area contributed by atoms with Crippen molar-refractivity contribution in [1.29, 1.82) is 0 Å². The number of nitrogen functional groups attached to an aromatic ring is 1. The quantitative estimate of drug-likeness (QED) is 0.789. The number of ether oxygens (including phenoxy) is 1. The third kappa shape index (κ3) is 2.72. The fourth-order valence-corrected chi connectivity index (χ4v) is 2.72. The van der Waals surface area contributed by atoms with E-state index in [9.17, 15) is 5.11 Å². The molecule has 0 radical (unpaired) electrons. The van der Waals surface area contributed by atoms with Crippen molar-refractivity contribution in [3.63, 3.8) is 0 Å². The van der Waals surface area contributed by atoms with Crippen LogP contribution in [0.3, 0.4) is 0 Å². The zero-order valence-electron chi connectivity index (χ0n) is 10.4. The Morgan fingerprint density at radius 1 is 1.41 bits per heavy atom. The van der Waals surface area contributed by atoms with E-state index in [1.807, 2.05) is 18.2 Å². The number of rotatable bonds is 4. The molecular weight excluding hydrogens is 214 g/mol. The molecule has 1 aromatic rings. The third-order valence-electron chi connectivity index (χ3n) is 3.71. The van der Waals surface area contributed by atoms with Crippen molar-refractivity contribution in [1.82, 2.24) is 0 Å². The molecule has 17 heavy (non-hydrogen) atoms. The summed E-state index contributed by atoms with van der Waals surface area (Å²) in [5, 5.41) is 10.2. The second-order valence-electron chi connectivity index (χ2n) is 4.87. The first-order chi connectivity index (χ1) is 8.22. The van der Waals surface area contributed by atoms with Gasteiger partial charge in [0.2, 0.25) is 0 Å². The largest absolute Gasteiger partial charge is 0.495 e. The number of aliphatic hydroxyl groups excluding tert-OH is 1. The summed E-state index contributed by atoms with van der Waals surface area (Å²) < 4.78 is 5.17. The van der Waals surface area contributed by atoms with Crippen LogP contribution in [0.15, 0.2) is 18.2 Å². The van der Waals surface area contributed by atoms with Crippen LogP contribution in [0.4, 0.5) is 5.69 Å². The summed E-state index contributed by atoms with van der Waals surface area (Å²) in [4.78, 5) is 0. The Kier molecular flexibility index (Phi) is 3.89.